The van der Waals surface area contributed by atoms with E-state index < -0.39 is 0 Å². The summed E-state index contributed by atoms with van der Waals surface area (Å²) in [4.78, 5) is 0. The third-order valence-corrected chi connectivity index (χ3v) is 3.78. The molecule has 22 heavy (non-hydrogen) atoms. The fraction of sp³-hybridized carbons (Fsp3) is 0.300. The Balaban J connectivity index is 0.000000188. The molecule has 3 rings (SSSR count). The lowest BCUT2D eigenvalue weighted by atomic mass is 10.0. The van der Waals surface area contributed by atoms with E-state index in [4.69, 9.17) is 0 Å². The molecule has 1 atom stereocenters. The van der Waals surface area contributed by atoms with Gasteiger partial charge in [-0.3, -0.25) is 0 Å². The molecule has 2 N–H and O–H groups in total. The molecule has 2 nitrogen and oxygen atoms in total. The summed E-state index contributed by atoms with van der Waals surface area (Å²) in [5, 5.41) is 6.63. The number of hydrogen-bond acceptors (Lipinski definition) is 2. The SMILES string of the molecule is C=C1NCCCC(c2ccccc2)N1.Cc1ccc(C)cc1. The summed E-state index contributed by atoms with van der Waals surface area (Å²) in [6, 6.07) is 19.4. The molecule has 0 spiro atoms. The zero-order valence-electron chi connectivity index (χ0n) is 13.6. The molecule has 0 aromatic heterocycles. The Hall–Kier alpha value is -2.22. The average Bonchev–Trinajstić information content (AvgIpc) is 2.76. The zero-order chi connectivity index (χ0) is 15.8. The summed E-state index contributed by atoms with van der Waals surface area (Å²) >= 11 is 0. The van der Waals surface area contributed by atoms with Crippen molar-refractivity contribution < 1.29 is 0 Å². The standard InChI is InChI=1S/C12H16N2.C8H10/c1-10-13-9-5-8-12(14-10)11-6-3-2-4-7-11;1-7-3-5-8(2)6-4-7/h2-4,6-7,12-14H,1,5,8-9H2;3-6H,1-2H3. The van der Waals surface area contributed by atoms with Gasteiger partial charge in [0, 0.05) is 6.54 Å². The van der Waals surface area contributed by atoms with E-state index in [1.807, 2.05) is 6.07 Å². The predicted molar refractivity (Wildman–Crippen MR) is 94.6 cm³/mol. The van der Waals surface area contributed by atoms with Crippen LogP contribution in [-0.2, 0) is 0 Å². The molecule has 2 heteroatoms. The van der Waals surface area contributed by atoms with E-state index in [2.05, 4.69) is 79.6 Å². The zero-order valence-corrected chi connectivity index (χ0v) is 13.6. The Morgan fingerprint density at radius 1 is 0.909 bits per heavy atom. The van der Waals surface area contributed by atoms with Gasteiger partial charge in [0.1, 0.15) is 0 Å². The van der Waals surface area contributed by atoms with Gasteiger partial charge in [0.2, 0.25) is 0 Å². The van der Waals surface area contributed by atoms with Gasteiger partial charge in [0.05, 0.1) is 11.9 Å². The van der Waals surface area contributed by atoms with Crippen LogP contribution in [0.5, 0.6) is 0 Å². The summed E-state index contributed by atoms with van der Waals surface area (Å²) in [5.41, 5.74) is 4.00. The molecule has 0 saturated carbocycles. The molecule has 1 heterocycles. The first-order valence-corrected chi connectivity index (χ1v) is 7.92. The fourth-order valence-electron chi connectivity index (χ4n) is 2.45. The van der Waals surface area contributed by atoms with Crippen LogP contribution in [0.15, 0.2) is 67.0 Å². The fourth-order valence-corrected chi connectivity index (χ4v) is 2.45. The monoisotopic (exact) mass is 294 g/mol. The van der Waals surface area contributed by atoms with Gasteiger partial charge < -0.3 is 10.6 Å². The third-order valence-electron chi connectivity index (χ3n) is 3.78. The van der Waals surface area contributed by atoms with Gasteiger partial charge in [0.25, 0.3) is 0 Å². The number of rotatable bonds is 1. The minimum absolute atomic E-state index is 0.415. The molecular formula is C20H26N2. The molecule has 0 bridgehead atoms. The van der Waals surface area contributed by atoms with Crippen molar-refractivity contribution in [3.8, 4) is 0 Å². The van der Waals surface area contributed by atoms with Crippen molar-refractivity contribution in [1.29, 1.82) is 0 Å². The average molecular weight is 294 g/mol. The van der Waals surface area contributed by atoms with Crippen LogP contribution in [0, 0.1) is 13.8 Å². The highest BCUT2D eigenvalue weighted by molar-refractivity contribution is 5.20. The van der Waals surface area contributed by atoms with E-state index in [1.165, 1.54) is 23.1 Å². The lowest BCUT2D eigenvalue weighted by Crippen LogP contribution is -2.25. The van der Waals surface area contributed by atoms with Gasteiger partial charge in [-0.2, -0.15) is 0 Å². The second-order valence-electron chi connectivity index (χ2n) is 5.81. The van der Waals surface area contributed by atoms with Crippen LogP contribution < -0.4 is 10.6 Å². The van der Waals surface area contributed by atoms with Crippen LogP contribution in [0.25, 0.3) is 0 Å². The van der Waals surface area contributed by atoms with Gasteiger partial charge in [-0.25, -0.2) is 0 Å². The Morgan fingerprint density at radius 2 is 1.50 bits per heavy atom. The molecule has 0 amide bonds. The van der Waals surface area contributed by atoms with Crippen molar-refractivity contribution in [3.63, 3.8) is 0 Å². The van der Waals surface area contributed by atoms with E-state index in [0.29, 0.717) is 6.04 Å². The predicted octanol–water partition coefficient (Wildman–Crippen LogP) is 4.48. The van der Waals surface area contributed by atoms with E-state index >= 15 is 0 Å². The normalized spacial score (nSPS) is 17.4. The summed E-state index contributed by atoms with van der Waals surface area (Å²) in [6.07, 6.45) is 2.35. The third kappa shape index (κ3) is 5.28. The van der Waals surface area contributed by atoms with E-state index in [-0.39, 0.29) is 0 Å². The highest BCUT2D eigenvalue weighted by Crippen LogP contribution is 2.20. The van der Waals surface area contributed by atoms with Crippen LogP contribution >= 0.6 is 0 Å². The smallest absolute Gasteiger partial charge is 0.0917 e. The first kappa shape index (κ1) is 16.2. The first-order chi connectivity index (χ1) is 10.6. The number of aryl methyl sites for hydroxylation is 2. The van der Waals surface area contributed by atoms with Crippen molar-refractivity contribution in [3.05, 3.63) is 83.7 Å². The van der Waals surface area contributed by atoms with Gasteiger partial charge in [-0.05, 0) is 32.3 Å². The molecule has 1 aliphatic heterocycles. The second-order valence-corrected chi connectivity index (χ2v) is 5.81. The largest absolute Gasteiger partial charge is 0.372 e. The van der Waals surface area contributed by atoms with E-state index in [0.717, 1.165) is 18.8 Å². The van der Waals surface area contributed by atoms with Crippen LogP contribution in [0.3, 0.4) is 0 Å². The molecule has 1 saturated heterocycles. The summed E-state index contributed by atoms with van der Waals surface area (Å²) in [7, 11) is 0. The maximum absolute atomic E-state index is 3.93. The lowest BCUT2D eigenvalue weighted by Gasteiger charge is -2.17. The highest BCUT2D eigenvalue weighted by atomic mass is 15.1. The summed E-state index contributed by atoms with van der Waals surface area (Å²) in [6.45, 7) is 9.14. The van der Waals surface area contributed by atoms with Crippen molar-refractivity contribution >= 4 is 0 Å². The van der Waals surface area contributed by atoms with Gasteiger partial charge >= 0.3 is 0 Å². The molecule has 0 radical (unpaired) electrons. The Morgan fingerprint density at radius 3 is 2.09 bits per heavy atom. The molecule has 116 valence electrons. The van der Waals surface area contributed by atoms with E-state index in [1.54, 1.807) is 0 Å². The molecule has 0 aliphatic carbocycles. The molecule has 1 unspecified atom stereocenters. The summed E-state index contributed by atoms with van der Waals surface area (Å²) < 4.78 is 0. The van der Waals surface area contributed by atoms with E-state index in [9.17, 15) is 0 Å². The van der Waals surface area contributed by atoms with Gasteiger partial charge in [0.15, 0.2) is 0 Å². The molecule has 1 fully saturated rings. The minimum atomic E-state index is 0.415. The topological polar surface area (TPSA) is 24.1 Å². The minimum Gasteiger partial charge on any atom is -0.372 e. The number of benzene rings is 2. The van der Waals surface area contributed by atoms with Gasteiger partial charge in [-0.15, -0.1) is 0 Å². The van der Waals surface area contributed by atoms with Crippen LogP contribution in [-0.4, -0.2) is 6.54 Å². The lowest BCUT2D eigenvalue weighted by molar-refractivity contribution is 0.568. The van der Waals surface area contributed by atoms with Crippen LogP contribution in [0.4, 0.5) is 0 Å². The van der Waals surface area contributed by atoms with Crippen molar-refractivity contribution in [2.45, 2.75) is 32.7 Å². The van der Waals surface area contributed by atoms with Gasteiger partial charge in [-0.1, -0.05) is 72.3 Å². The van der Waals surface area contributed by atoms with Crippen LogP contribution in [0.2, 0.25) is 0 Å². The molecule has 2 aromatic rings. The maximum Gasteiger partial charge on any atom is 0.0917 e. The first-order valence-electron chi connectivity index (χ1n) is 7.92. The number of nitrogens with one attached hydrogen (secondary N) is 2. The molecular weight excluding hydrogens is 268 g/mol. The highest BCUT2D eigenvalue weighted by Gasteiger charge is 2.13. The summed E-state index contributed by atoms with van der Waals surface area (Å²) in [5.74, 6) is 0.941. The Bertz CT molecular complexity index is 551. The maximum atomic E-state index is 3.93. The van der Waals surface area contributed by atoms with Crippen molar-refractivity contribution in [1.82, 2.24) is 10.6 Å². The molecule has 2 aromatic carbocycles. The molecule has 1 aliphatic rings. The van der Waals surface area contributed by atoms with Crippen LogP contribution in [0.1, 0.15) is 35.6 Å². The quantitative estimate of drug-likeness (QED) is 0.810. The second kappa shape index (κ2) is 8.28. The Kier molecular flexibility index (Phi) is 6.08. The number of hydrogen-bond donors (Lipinski definition) is 2. The Labute approximate surface area is 134 Å². The van der Waals surface area contributed by atoms with Crippen molar-refractivity contribution in [2.24, 2.45) is 0 Å². The van der Waals surface area contributed by atoms with Crippen molar-refractivity contribution in [2.75, 3.05) is 6.54 Å².